The molecule has 4 rings (SSSR count). The number of carbonyl (C=O) groups excluding carboxylic acids is 2. The molecule has 13 heteroatoms. The van der Waals surface area contributed by atoms with Crippen LogP contribution in [0.2, 0.25) is 0 Å². The molecule has 2 heterocycles. The molecule has 2 saturated heterocycles. The van der Waals surface area contributed by atoms with Gasteiger partial charge in [-0.15, -0.1) is 0 Å². The van der Waals surface area contributed by atoms with E-state index in [0.717, 1.165) is 18.2 Å². The highest BCUT2D eigenvalue weighted by atomic mass is 32.2. The van der Waals surface area contributed by atoms with Crippen molar-refractivity contribution in [1.82, 2.24) is 4.72 Å². The summed E-state index contributed by atoms with van der Waals surface area (Å²) >= 11 is 0. The smallest absolute Gasteiger partial charge is 0.416 e. The Hall–Kier alpha value is -3.16. The summed E-state index contributed by atoms with van der Waals surface area (Å²) in [5.41, 5.74) is 0.0452. The largest absolute Gasteiger partial charge is 0.443 e. The molecule has 2 aromatic rings. The summed E-state index contributed by atoms with van der Waals surface area (Å²) < 4.78 is 76.0. The number of halogens is 3. The topological polar surface area (TPSA) is 105 Å². The van der Waals surface area contributed by atoms with Gasteiger partial charge in [0.05, 0.1) is 23.6 Å². The number of rotatable bonds is 6. The van der Waals surface area contributed by atoms with Gasteiger partial charge in [0.1, 0.15) is 12.7 Å². The van der Waals surface area contributed by atoms with Crippen molar-refractivity contribution in [2.75, 3.05) is 42.6 Å². The Labute approximate surface area is 193 Å². The summed E-state index contributed by atoms with van der Waals surface area (Å²) in [6.07, 6.45) is -6.23. The number of cyclic esters (lactones) is 1. The van der Waals surface area contributed by atoms with Gasteiger partial charge in [-0.25, -0.2) is 17.9 Å². The van der Waals surface area contributed by atoms with Crippen molar-refractivity contribution in [1.29, 1.82) is 0 Å². The number of benzene rings is 2. The number of morpholine rings is 1. The number of nitrogens with one attached hydrogen (secondary N) is 1. The van der Waals surface area contributed by atoms with Crippen LogP contribution in [0.1, 0.15) is 5.56 Å². The number of hydrogen-bond donors (Lipinski definition) is 1. The van der Waals surface area contributed by atoms with Gasteiger partial charge in [-0.2, -0.15) is 13.2 Å². The van der Waals surface area contributed by atoms with Gasteiger partial charge in [0.2, 0.25) is 10.0 Å². The van der Waals surface area contributed by atoms with Crippen LogP contribution >= 0.6 is 0 Å². The monoisotopic (exact) mass is 499 g/mol. The van der Waals surface area contributed by atoms with Gasteiger partial charge in [-0.05, 0) is 42.5 Å². The fraction of sp³-hybridized carbons (Fsp3) is 0.333. The third kappa shape index (κ3) is 5.16. The van der Waals surface area contributed by atoms with Crippen LogP contribution in [-0.2, 0) is 30.5 Å². The SMILES string of the molecule is O=C1COCCN1c1ccc(N2C[C@H](CNS(=O)(=O)c3cccc(C(F)(F)F)c3)OC2=O)cc1. The molecule has 0 aliphatic carbocycles. The minimum absolute atomic E-state index is 0.00170. The second kappa shape index (κ2) is 9.24. The number of anilines is 2. The van der Waals surface area contributed by atoms with Crippen LogP contribution in [0.5, 0.6) is 0 Å². The van der Waals surface area contributed by atoms with E-state index in [1.54, 1.807) is 29.2 Å². The zero-order chi connectivity index (χ0) is 24.5. The fourth-order valence-corrected chi connectivity index (χ4v) is 4.68. The highest BCUT2D eigenvalue weighted by Crippen LogP contribution is 2.30. The maximum Gasteiger partial charge on any atom is 0.416 e. The van der Waals surface area contributed by atoms with E-state index in [-0.39, 0.29) is 25.6 Å². The first-order valence-corrected chi connectivity index (χ1v) is 11.7. The van der Waals surface area contributed by atoms with E-state index in [1.807, 2.05) is 0 Å². The van der Waals surface area contributed by atoms with E-state index in [1.165, 1.54) is 4.90 Å². The lowest BCUT2D eigenvalue weighted by Crippen LogP contribution is -2.41. The standard InChI is InChI=1S/C21H20F3N3O6S/c22-21(23,24)14-2-1-3-18(10-14)34(30,31)25-11-17-12-27(20(29)33-17)16-6-4-15(5-7-16)26-8-9-32-13-19(26)28/h1-7,10,17,25H,8-9,11-13H2/t17-/m0/s1. The molecule has 0 unspecified atom stereocenters. The first kappa shape index (κ1) is 24.0. The van der Waals surface area contributed by atoms with Gasteiger partial charge in [-0.1, -0.05) is 6.07 Å². The van der Waals surface area contributed by atoms with E-state index >= 15 is 0 Å². The Morgan fingerprint density at radius 3 is 2.35 bits per heavy atom. The van der Waals surface area contributed by atoms with E-state index in [4.69, 9.17) is 9.47 Å². The fourth-order valence-electron chi connectivity index (χ4n) is 3.57. The van der Waals surface area contributed by atoms with Crippen molar-refractivity contribution >= 4 is 33.4 Å². The number of amides is 2. The molecule has 2 fully saturated rings. The van der Waals surface area contributed by atoms with Crippen molar-refractivity contribution < 1.29 is 40.7 Å². The molecule has 2 aliphatic heterocycles. The average Bonchev–Trinajstić information content (AvgIpc) is 3.18. The molecule has 0 bridgehead atoms. The quantitative estimate of drug-likeness (QED) is 0.655. The predicted octanol–water partition coefficient (Wildman–Crippen LogP) is 2.37. The number of ether oxygens (including phenoxy) is 2. The lowest BCUT2D eigenvalue weighted by molar-refractivity contribution is -0.137. The zero-order valence-electron chi connectivity index (χ0n) is 17.6. The maximum atomic E-state index is 12.9. The summed E-state index contributed by atoms with van der Waals surface area (Å²) in [6.45, 7) is 0.543. The Morgan fingerprint density at radius 1 is 1.03 bits per heavy atom. The molecule has 0 aromatic heterocycles. The lowest BCUT2D eigenvalue weighted by Gasteiger charge is -2.27. The molecule has 2 aliphatic rings. The maximum absolute atomic E-state index is 12.9. The number of alkyl halides is 3. The molecule has 34 heavy (non-hydrogen) atoms. The van der Waals surface area contributed by atoms with Crippen LogP contribution in [0, 0.1) is 0 Å². The minimum Gasteiger partial charge on any atom is -0.443 e. The number of hydrogen-bond acceptors (Lipinski definition) is 6. The van der Waals surface area contributed by atoms with Crippen molar-refractivity contribution in [3.63, 3.8) is 0 Å². The minimum atomic E-state index is -4.68. The normalized spacial score (nSPS) is 19.4. The number of carbonyl (C=O) groups is 2. The number of nitrogens with zero attached hydrogens (tertiary/aromatic N) is 2. The van der Waals surface area contributed by atoms with Crippen molar-refractivity contribution in [2.24, 2.45) is 0 Å². The zero-order valence-corrected chi connectivity index (χ0v) is 18.4. The molecule has 1 N–H and O–H groups in total. The Bertz CT molecular complexity index is 1190. The van der Waals surface area contributed by atoms with Crippen LogP contribution < -0.4 is 14.5 Å². The summed E-state index contributed by atoms with van der Waals surface area (Å²) in [6, 6.07) is 9.98. The Balaban J connectivity index is 1.39. The molecule has 0 radical (unpaired) electrons. The van der Waals surface area contributed by atoms with Gasteiger partial charge in [0.15, 0.2) is 0 Å². The summed E-state index contributed by atoms with van der Waals surface area (Å²) in [5.74, 6) is -0.173. The van der Waals surface area contributed by atoms with Crippen LogP contribution in [0.4, 0.5) is 29.3 Å². The van der Waals surface area contributed by atoms with Crippen molar-refractivity contribution in [2.45, 2.75) is 17.2 Å². The van der Waals surface area contributed by atoms with Gasteiger partial charge in [0.25, 0.3) is 5.91 Å². The summed E-state index contributed by atoms with van der Waals surface area (Å²) in [7, 11) is -4.26. The van der Waals surface area contributed by atoms with Gasteiger partial charge in [-0.3, -0.25) is 9.69 Å². The highest BCUT2D eigenvalue weighted by Gasteiger charge is 2.34. The molecule has 2 aromatic carbocycles. The third-order valence-corrected chi connectivity index (χ3v) is 6.73. The first-order valence-electron chi connectivity index (χ1n) is 10.2. The van der Waals surface area contributed by atoms with E-state index < -0.39 is 38.9 Å². The molecule has 2 amide bonds. The Morgan fingerprint density at radius 2 is 1.71 bits per heavy atom. The molecular weight excluding hydrogens is 479 g/mol. The molecule has 0 saturated carbocycles. The van der Waals surface area contributed by atoms with Gasteiger partial charge >= 0.3 is 12.3 Å². The predicted molar refractivity (Wildman–Crippen MR) is 114 cm³/mol. The van der Waals surface area contributed by atoms with E-state index in [9.17, 15) is 31.2 Å². The van der Waals surface area contributed by atoms with E-state index in [0.29, 0.717) is 30.6 Å². The van der Waals surface area contributed by atoms with Crippen LogP contribution in [0.15, 0.2) is 53.4 Å². The van der Waals surface area contributed by atoms with Crippen LogP contribution in [-0.4, -0.2) is 59.4 Å². The van der Waals surface area contributed by atoms with Gasteiger partial charge in [0, 0.05) is 24.5 Å². The molecule has 182 valence electrons. The van der Waals surface area contributed by atoms with Crippen molar-refractivity contribution in [3.8, 4) is 0 Å². The van der Waals surface area contributed by atoms with Gasteiger partial charge < -0.3 is 14.4 Å². The molecule has 1 atom stereocenters. The summed E-state index contributed by atoms with van der Waals surface area (Å²) in [4.78, 5) is 26.6. The number of sulfonamides is 1. The lowest BCUT2D eigenvalue weighted by atomic mass is 10.2. The second-order valence-corrected chi connectivity index (χ2v) is 9.38. The first-order chi connectivity index (χ1) is 16.0. The third-order valence-electron chi connectivity index (χ3n) is 5.31. The molecule has 0 spiro atoms. The average molecular weight is 499 g/mol. The highest BCUT2D eigenvalue weighted by molar-refractivity contribution is 7.89. The van der Waals surface area contributed by atoms with E-state index in [2.05, 4.69) is 4.72 Å². The summed E-state index contributed by atoms with van der Waals surface area (Å²) in [5, 5.41) is 0. The Kier molecular flexibility index (Phi) is 6.51. The van der Waals surface area contributed by atoms with Crippen LogP contribution in [0.3, 0.4) is 0 Å². The van der Waals surface area contributed by atoms with Crippen molar-refractivity contribution in [3.05, 3.63) is 54.1 Å². The molecular formula is C21H20F3N3O6S. The molecule has 9 nitrogen and oxygen atoms in total. The van der Waals surface area contributed by atoms with Crippen LogP contribution in [0.25, 0.3) is 0 Å². The second-order valence-electron chi connectivity index (χ2n) is 7.61.